The first-order valence-corrected chi connectivity index (χ1v) is 8.83. The Labute approximate surface area is 137 Å². The van der Waals surface area contributed by atoms with Crippen molar-refractivity contribution in [1.82, 2.24) is 14.8 Å². The minimum Gasteiger partial charge on any atom is -0.389 e. The molecule has 0 saturated carbocycles. The Kier molecular flexibility index (Phi) is 4.66. The molecule has 1 N–H and O–H groups in total. The first-order valence-electron chi connectivity index (χ1n) is 7.22. The van der Waals surface area contributed by atoms with Gasteiger partial charge in [-0.1, -0.05) is 28.4 Å². The van der Waals surface area contributed by atoms with Crippen LogP contribution in [0.2, 0.25) is 0 Å². The van der Waals surface area contributed by atoms with Gasteiger partial charge in [0.25, 0.3) is 0 Å². The molecule has 2 aromatic rings. The highest BCUT2D eigenvalue weighted by molar-refractivity contribution is 9.10. The number of aliphatic hydroxyl groups is 1. The van der Waals surface area contributed by atoms with Crippen LogP contribution in [0.15, 0.2) is 32.7 Å². The summed E-state index contributed by atoms with van der Waals surface area (Å²) in [6, 6.07) is 6.01. The molecule has 21 heavy (non-hydrogen) atoms. The zero-order chi connectivity index (χ0) is 14.8. The van der Waals surface area contributed by atoms with Gasteiger partial charge in [-0.3, -0.25) is 0 Å². The van der Waals surface area contributed by atoms with Crippen LogP contribution in [-0.2, 0) is 13.0 Å². The minimum atomic E-state index is -0.470. The number of aryl methyl sites for hydroxylation is 1. The van der Waals surface area contributed by atoms with Gasteiger partial charge in [-0.25, -0.2) is 0 Å². The highest BCUT2D eigenvalue weighted by atomic mass is 79.9. The largest absolute Gasteiger partial charge is 0.389 e. The van der Waals surface area contributed by atoms with E-state index in [1.165, 1.54) is 19.3 Å². The van der Waals surface area contributed by atoms with E-state index in [9.17, 15) is 5.11 Å². The van der Waals surface area contributed by atoms with Gasteiger partial charge in [0.05, 0.1) is 6.10 Å². The van der Waals surface area contributed by atoms with Crippen molar-refractivity contribution in [2.75, 3.05) is 0 Å². The number of halogens is 1. The zero-order valence-corrected chi connectivity index (χ0v) is 14.3. The summed E-state index contributed by atoms with van der Waals surface area (Å²) in [5.41, 5.74) is 0.902. The molecule has 0 unspecified atom stereocenters. The molecule has 0 aliphatic carbocycles. The first-order chi connectivity index (χ1) is 10.1. The van der Waals surface area contributed by atoms with Crippen molar-refractivity contribution in [2.24, 2.45) is 0 Å². The fourth-order valence-electron chi connectivity index (χ4n) is 2.55. The summed E-state index contributed by atoms with van der Waals surface area (Å²) in [5.74, 6) is 1.11. The lowest BCUT2D eigenvalue weighted by atomic mass is 10.1. The second-order valence-electron chi connectivity index (χ2n) is 5.32. The molecule has 1 aromatic heterocycles. The molecule has 1 aromatic carbocycles. The van der Waals surface area contributed by atoms with Crippen LogP contribution in [0.3, 0.4) is 0 Å². The van der Waals surface area contributed by atoms with Gasteiger partial charge in [0, 0.05) is 22.3 Å². The van der Waals surface area contributed by atoms with Crippen LogP contribution in [0.25, 0.3) is 0 Å². The molecule has 0 bridgehead atoms. The topological polar surface area (TPSA) is 50.9 Å². The lowest BCUT2D eigenvalue weighted by Gasteiger charge is -2.10. The Bertz CT molecular complexity index is 642. The predicted octanol–water partition coefficient (Wildman–Crippen LogP) is 3.97. The van der Waals surface area contributed by atoms with E-state index in [-0.39, 0.29) is 0 Å². The standard InChI is InChI=1S/C15H18BrN3OS/c1-10(20)12-7-6-11(9-13(12)16)21-15-18-17-14-5-3-2-4-8-19(14)15/h6-7,9-10,20H,2-5,8H2,1H3/t10-/m0/s1. The monoisotopic (exact) mass is 367 g/mol. The third-order valence-corrected chi connectivity index (χ3v) is 5.37. The molecule has 3 rings (SSSR count). The number of hydrogen-bond donors (Lipinski definition) is 1. The van der Waals surface area contributed by atoms with E-state index >= 15 is 0 Å². The molecular weight excluding hydrogens is 350 g/mol. The Morgan fingerprint density at radius 3 is 2.90 bits per heavy atom. The van der Waals surface area contributed by atoms with E-state index < -0.39 is 6.10 Å². The lowest BCUT2D eigenvalue weighted by molar-refractivity contribution is 0.198. The molecule has 1 aliphatic heterocycles. The summed E-state index contributed by atoms with van der Waals surface area (Å²) < 4.78 is 3.17. The molecule has 112 valence electrons. The normalized spacial score (nSPS) is 16.3. The number of aromatic nitrogens is 3. The van der Waals surface area contributed by atoms with Crippen molar-refractivity contribution in [3.05, 3.63) is 34.1 Å². The smallest absolute Gasteiger partial charge is 0.196 e. The van der Waals surface area contributed by atoms with Gasteiger partial charge in [0.1, 0.15) is 5.82 Å². The van der Waals surface area contributed by atoms with E-state index in [1.54, 1.807) is 18.7 Å². The predicted molar refractivity (Wildman–Crippen MR) is 86.5 cm³/mol. The van der Waals surface area contributed by atoms with Crippen LogP contribution in [-0.4, -0.2) is 19.9 Å². The molecule has 6 heteroatoms. The summed E-state index contributed by atoms with van der Waals surface area (Å²) in [4.78, 5) is 1.10. The van der Waals surface area contributed by atoms with E-state index in [0.29, 0.717) is 0 Å². The quantitative estimate of drug-likeness (QED) is 0.891. The van der Waals surface area contributed by atoms with Crippen molar-refractivity contribution >= 4 is 27.7 Å². The van der Waals surface area contributed by atoms with E-state index in [0.717, 1.165) is 38.9 Å². The van der Waals surface area contributed by atoms with Crippen LogP contribution >= 0.6 is 27.7 Å². The maximum Gasteiger partial charge on any atom is 0.196 e. The van der Waals surface area contributed by atoms with Crippen LogP contribution in [0.4, 0.5) is 0 Å². The average Bonchev–Trinajstić information content (AvgIpc) is 2.68. The Morgan fingerprint density at radius 2 is 2.14 bits per heavy atom. The third kappa shape index (κ3) is 3.33. The number of aliphatic hydroxyl groups excluding tert-OH is 1. The second kappa shape index (κ2) is 6.50. The fraction of sp³-hybridized carbons (Fsp3) is 0.467. The highest BCUT2D eigenvalue weighted by Gasteiger charge is 2.16. The third-order valence-electron chi connectivity index (χ3n) is 3.71. The molecular formula is C15H18BrN3OS. The lowest BCUT2D eigenvalue weighted by Crippen LogP contribution is -2.02. The molecule has 0 spiro atoms. The number of nitrogens with zero attached hydrogens (tertiary/aromatic N) is 3. The minimum absolute atomic E-state index is 0.470. The van der Waals surface area contributed by atoms with Crippen LogP contribution in [0, 0.1) is 0 Å². The van der Waals surface area contributed by atoms with Crippen molar-refractivity contribution < 1.29 is 5.11 Å². The maximum atomic E-state index is 9.68. The molecule has 0 radical (unpaired) electrons. The zero-order valence-electron chi connectivity index (χ0n) is 11.9. The van der Waals surface area contributed by atoms with Gasteiger partial charge in [0.2, 0.25) is 0 Å². The van der Waals surface area contributed by atoms with Gasteiger partial charge in [-0.2, -0.15) is 0 Å². The number of rotatable bonds is 3. The summed E-state index contributed by atoms with van der Waals surface area (Å²) >= 11 is 5.15. The van der Waals surface area contributed by atoms with Gasteiger partial charge in [0.15, 0.2) is 5.16 Å². The summed E-state index contributed by atoms with van der Waals surface area (Å²) in [6.45, 7) is 2.78. The number of hydrogen-bond acceptors (Lipinski definition) is 4. The number of benzene rings is 1. The molecule has 1 atom stereocenters. The van der Waals surface area contributed by atoms with Gasteiger partial charge < -0.3 is 9.67 Å². The molecule has 4 nitrogen and oxygen atoms in total. The molecule has 0 fully saturated rings. The summed E-state index contributed by atoms with van der Waals surface area (Å²) in [6.07, 6.45) is 4.23. The summed E-state index contributed by atoms with van der Waals surface area (Å²) in [7, 11) is 0. The second-order valence-corrected chi connectivity index (χ2v) is 7.22. The van der Waals surface area contributed by atoms with E-state index in [4.69, 9.17) is 0 Å². The van der Waals surface area contributed by atoms with Crippen molar-refractivity contribution in [1.29, 1.82) is 0 Å². The van der Waals surface area contributed by atoms with Crippen molar-refractivity contribution in [3.8, 4) is 0 Å². The Balaban J connectivity index is 1.84. The highest BCUT2D eigenvalue weighted by Crippen LogP contribution is 2.33. The van der Waals surface area contributed by atoms with Gasteiger partial charge in [-0.15, -0.1) is 10.2 Å². The molecule has 0 saturated heterocycles. The SMILES string of the molecule is C[C@H](O)c1ccc(Sc2nnc3n2CCCCC3)cc1Br. The van der Waals surface area contributed by atoms with Gasteiger partial charge >= 0.3 is 0 Å². The number of fused-ring (bicyclic) bond motifs is 1. The van der Waals surface area contributed by atoms with E-state index in [2.05, 4.69) is 30.7 Å². The average molecular weight is 368 g/mol. The molecule has 2 heterocycles. The Hall–Kier alpha value is -0.850. The summed E-state index contributed by atoms with van der Waals surface area (Å²) in [5, 5.41) is 19.3. The maximum absolute atomic E-state index is 9.68. The first kappa shape index (κ1) is 15.1. The van der Waals surface area contributed by atoms with E-state index in [1.807, 2.05) is 18.2 Å². The van der Waals surface area contributed by atoms with Crippen LogP contribution in [0.5, 0.6) is 0 Å². The molecule has 1 aliphatic rings. The Morgan fingerprint density at radius 1 is 1.29 bits per heavy atom. The van der Waals surface area contributed by atoms with Crippen LogP contribution in [0.1, 0.15) is 43.7 Å². The van der Waals surface area contributed by atoms with Crippen molar-refractivity contribution in [2.45, 2.75) is 55.3 Å². The molecule has 0 amide bonds. The van der Waals surface area contributed by atoms with Gasteiger partial charge in [-0.05, 0) is 49.2 Å². The van der Waals surface area contributed by atoms with Crippen molar-refractivity contribution in [3.63, 3.8) is 0 Å². The fourth-order valence-corrected chi connectivity index (χ4v) is 4.32. The van der Waals surface area contributed by atoms with Crippen LogP contribution < -0.4 is 0 Å².